The van der Waals surface area contributed by atoms with Crippen molar-refractivity contribution in [2.24, 2.45) is 0 Å². The molecule has 0 unspecified atom stereocenters. The molecule has 0 amide bonds. The minimum atomic E-state index is -4.18. The first kappa shape index (κ1) is 14.1. The van der Waals surface area contributed by atoms with Gasteiger partial charge in [-0.25, -0.2) is 15.0 Å². The first-order valence-corrected chi connectivity index (χ1v) is 6.62. The minimum absolute atomic E-state index is 0.0782. The predicted molar refractivity (Wildman–Crippen MR) is 70.8 cm³/mol. The zero-order valence-corrected chi connectivity index (χ0v) is 11.4. The van der Waals surface area contributed by atoms with E-state index in [1.807, 2.05) is 0 Å². The van der Waals surface area contributed by atoms with E-state index in [1.165, 1.54) is 24.6 Å². The molecule has 1 fully saturated rings. The van der Waals surface area contributed by atoms with Gasteiger partial charge in [0.1, 0.15) is 17.9 Å². The standard InChI is InChI=1S/C12H15F3N6/c1-21-4-7(2-3-8(21)12(13,14)15)20-11-9-10(17-5-16-9)18-6-19-11/h5-8H,2-4H2,1H3,(H2,16,17,18,19,20)/t7-,8+/m0/s1. The summed E-state index contributed by atoms with van der Waals surface area (Å²) in [6, 6.07) is -1.46. The Hall–Kier alpha value is -1.90. The lowest BCUT2D eigenvalue weighted by atomic mass is 9.98. The van der Waals surface area contributed by atoms with E-state index < -0.39 is 12.2 Å². The molecule has 21 heavy (non-hydrogen) atoms. The van der Waals surface area contributed by atoms with E-state index in [0.29, 0.717) is 29.9 Å². The van der Waals surface area contributed by atoms with Gasteiger partial charge in [-0.3, -0.25) is 4.90 Å². The van der Waals surface area contributed by atoms with E-state index in [0.717, 1.165) is 0 Å². The summed E-state index contributed by atoms with van der Waals surface area (Å²) >= 11 is 0. The fourth-order valence-electron chi connectivity index (χ4n) is 2.74. The van der Waals surface area contributed by atoms with Gasteiger partial charge >= 0.3 is 6.18 Å². The number of aromatic amines is 1. The highest BCUT2D eigenvalue weighted by molar-refractivity contribution is 5.82. The Morgan fingerprint density at radius 3 is 2.81 bits per heavy atom. The quantitative estimate of drug-likeness (QED) is 0.885. The number of anilines is 1. The Labute approximate surface area is 118 Å². The van der Waals surface area contributed by atoms with Crippen molar-refractivity contribution >= 4 is 17.0 Å². The molecule has 6 nitrogen and oxygen atoms in total. The number of likely N-dealkylation sites (N-methyl/N-ethyl adjacent to an activating group) is 1. The highest BCUT2D eigenvalue weighted by Gasteiger charge is 2.44. The zero-order chi connectivity index (χ0) is 15.0. The summed E-state index contributed by atoms with van der Waals surface area (Å²) in [4.78, 5) is 16.4. The summed E-state index contributed by atoms with van der Waals surface area (Å²) in [6.45, 7) is 0.309. The molecule has 3 heterocycles. The van der Waals surface area contributed by atoms with Crippen LogP contribution in [0.5, 0.6) is 0 Å². The lowest BCUT2D eigenvalue weighted by molar-refractivity contribution is -0.187. The molecule has 1 aliphatic rings. The lowest BCUT2D eigenvalue weighted by Gasteiger charge is -2.38. The van der Waals surface area contributed by atoms with Crippen LogP contribution in [0.1, 0.15) is 12.8 Å². The van der Waals surface area contributed by atoms with Crippen LogP contribution in [-0.4, -0.2) is 56.7 Å². The Bertz CT molecular complexity index is 625. The second-order valence-corrected chi connectivity index (χ2v) is 5.24. The van der Waals surface area contributed by atoms with Gasteiger partial charge in [0, 0.05) is 12.6 Å². The van der Waals surface area contributed by atoms with Crippen LogP contribution in [-0.2, 0) is 0 Å². The van der Waals surface area contributed by atoms with Crippen molar-refractivity contribution in [1.82, 2.24) is 24.8 Å². The van der Waals surface area contributed by atoms with E-state index in [2.05, 4.69) is 25.3 Å². The highest BCUT2D eigenvalue weighted by atomic mass is 19.4. The van der Waals surface area contributed by atoms with Crippen LogP contribution in [0.25, 0.3) is 11.2 Å². The summed E-state index contributed by atoms with van der Waals surface area (Å²) in [7, 11) is 1.50. The Morgan fingerprint density at radius 1 is 1.29 bits per heavy atom. The van der Waals surface area contributed by atoms with Gasteiger partial charge in [-0.1, -0.05) is 0 Å². The molecule has 2 aromatic heterocycles. The number of fused-ring (bicyclic) bond motifs is 1. The Kier molecular flexibility index (Phi) is 3.44. The van der Waals surface area contributed by atoms with Gasteiger partial charge in [0.15, 0.2) is 11.5 Å². The van der Waals surface area contributed by atoms with E-state index >= 15 is 0 Å². The smallest absolute Gasteiger partial charge is 0.364 e. The Morgan fingerprint density at radius 2 is 2.10 bits per heavy atom. The van der Waals surface area contributed by atoms with Gasteiger partial charge in [-0.2, -0.15) is 13.2 Å². The summed E-state index contributed by atoms with van der Waals surface area (Å²) < 4.78 is 38.4. The number of likely N-dealkylation sites (tertiary alicyclic amines) is 1. The molecule has 1 aliphatic heterocycles. The maximum Gasteiger partial charge on any atom is 0.404 e. The monoisotopic (exact) mass is 300 g/mol. The van der Waals surface area contributed by atoms with Crippen LogP contribution in [0, 0.1) is 0 Å². The predicted octanol–water partition coefficient (Wildman–Crippen LogP) is 1.79. The van der Waals surface area contributed by atoms with E-state index in [1.54, 1.807) is 0 Å². The zero-order valence-electron chi connectivity index (χ0n) is 11.4. The average Bonchev–Trinajstić information content (AvgIpc) is 2.86. The number of nitrogens with one attached hydrogen (secondary N) is 2. The molecular weight excluding hydrogens is 285 g/mol. The molecule has 2 N–H and O–H groups in total. The van der Waals surface area contributed by atoms with Gasteiger partial charge in [-0.05, 0) is 19.9 Å². The summed E-state index contributed by atoms with van der Waals surface area (Å²) in [5, 5.41) is 3.18. The van der Waals surface area contributed by atoms with Crippen molar-refractivity contribution in [3.63, 3.8) is 0 Å². The molecule has 1 saturated heterocycles. The van der Waals surface area contributed by atoms with Crippen molar-refractivity contribution in [2.45, 2.75) is 31.1 Å². The van der Waals surface area contributed by atoms with Gasteiger partial charge in [0.25, 0.3) is 0 Å². The van der Waals surface area contributed by atoms with E-state index in [-0.39, 0.29) is 12.5 Å². The van der Waals surface area contributed by atoms with Crippen molar-refractivity contribution in [2.75, 3.05) is 18.9 Å². The largest absolute Gasteiger partial charge is 0.404 e. The van der Waals surface area contributed by atoms with Gasteiger partial charge in [0.2, 0.25) is 0 Å². The molecular formula is C12H15F3N6. The third-order valence-corrected chi connectivity index (χ3v) is 3.77. The number of alkyl halides is 3. The molecule has 0 saturated carbocycles. The molecule has 9 heteroatoms. The second-order valence-electron chi connectivity index (χ2n) is 5.24. The third-order valence-electron chi connectivity index (χ3n) is 3.77. The number of hydrogen-bond acceptors (Lipinski definition) is 5. The number of hydrogen-bond donors (Lipinski definition) is 2. The normalized spacial score (nSPS) is 24.4. The van der Waals surface area contributed by atoms with Crippen LogP contribution in [0.15, 0.2) is 12.7 Å². The van der Waals surface area contributed by atoms with Crippen molar-refractivity contribution < 1.29 is 13.2 Å². The fraction of sp³-hybridized carbons (Fsp3) is 0.583. The van der Waals surface area contributed by atoms with E-state index in [4.69, 9.17) is 0 Å². The number of aromatic nitrogens is 4. The van der Waals surface area contributed by atoms with Crippen molar-refractivity contribution in [3.05, 3.63) is 12.7 Å². The first-order chi connectivity index (χ1) is 9.95. The van der Waals surface area contributed by atoms with Crippen molar-refractivity contribution in [1.29, 1.82) is 0 Å². The fourth-order valence-corrected chi connectivity index (χ4v) is 2.74. The van der Waals surface area contributed by atoms with Gasteiger partial charge in [-0.15, -0.1) is 0 Å². The first-order valence-electron chi connectivity index (χ1n) is 6.62. The summed E-state index contributed by atoms with van der Waals surface area (Å²) in [5.41, 5.74) is 1.20. The number of halogens is 3. The molecule has 0 bridgehead atoms. The molecule has 3 rings (SSSR count). The van der Waals surface area contributed by atoms with Crippen LogP contribution in [0.3, 0.4) is 0 Å². The maximum absolute atomic E-state index is 12.8. The topological polar surface area (TPSA) is 69.7 Å². The molecule has 0 aromatic carbocycles. The molecule has 2 aromatic rings. The van der Waals surface area contributed by atoms with Gasteiger partial charge in [0.05, 0.1) is 6.33 Å². The van der Waals surface area contributed by atoms with E-state index in [9.17, 15) is 13.2 Å². The minimum Gasteiger partial charge on any atom is -0.364 e. The number of rotatable bonds is 2. The molecule has 114 valence electrons. The van der Waals surface area contributed by atoms with Gasteiger partial charge < -0.3 is 10.3 Å². The molecule has 0 spiro atoms. The summed E-state index contributed by atoms with van der Waals surface area (Å²) in [5.74, 6) is 0.571. The number of nitrogens with zero attached hydrogens (tertiary/aromatic N) is 4. The molecule has 0 radical (unpaired) electrons. The van der Waals surface area contributed by atoms with Crippen LogP contribution in [0.2, 0.25) is 0 Å². The van der Waals surface area contributed by atoms with Crippen LogP contribution in [0.4, 0.5) is 19.0 Å². The SMILES string of the molecule is CN1C[C@@H](Nc2ncnc3nc[nH]c23)CC[C@@H]1C(F)(F)F. The van der Waals surface area contributed by atoms with Crippen LogP contribution >= 0.6 is 0 Å². The summed E-state index contributed by atoms with van der Waals surface area (Å²) in [6.07, 6.45) is -0.762. The maximum atomic E-state index is 12.8. The van der Waals surface area contributed by atoms with Crippen molar-refractivity contribution in [3.8, 4) is 0 Å². The average molecular weight is 300 g/mol. The number of H-pyrrole nitrogens is 1. The Balaban J connectivity index is 1.71. The number of piperidine rings is 1. The van der Waals surface area contributed by atoms with Crippen LogP contribution < -0.4 is 5.32 Å². The third kappa shape index (κ3) is 2.78. The number of imidazole rings is 1. The lowest BCUT2D eigenvalue weighted by Crippen LogP contribution is -2.52. The molecule has 0 aliphatic carbocycles. The molecule has 2 atom stereocenters. The second kappa shape index (κ2) is 5.14. The highest BCUT2D eigenvalue weighted by Crippen LogP contribution is 2.31.